The summed E-state index contributed by atoms with van der Waals surface area (Å²) in [7, 11) is 0. The zero-order valence-corrected chi connectivity index (χ0v) is 89.1. The number of para-hydroxylation sites is 2. The van der Waals surface area contributed by atoms with Crippen molar-refractivity contribution in [2.75, 3.05) is 29.4 Å². The average Bonchev–Trinajstić information content (AvgIpc) is 0.679. The quantitative estimate of drug-likeness (QED) is 0.105. The van der Waals surface area contributed by atoms with Crippen molar-refractivity contribution in [3.8, 4) is 0 Å². The van der Waals surface area contributed by atoms with Gasteiger partial charge in [0.1, 0.15) is 0 Å². The van der Waals surface area contributed by atoms with Gasteiger partial charge in [-0.1, -0.05) is 345 Å². The maximum Gasteiger partial charge on any atom is 0.252 e. The van der Waals surface area contributed by atoms with Gasteiger partial charge >= 0.3 is 0 Å². The van der Waals surface area contributed by atoms with Gasteiger partial charge in [-0.3, -0.25) is 0 Å². The van der Waals surface area contributed by atoms with Crippen molar-refractivity contribution in [1.29, 1.82) is 0 Å². The Labute approximate surface area is 838 Å². The predicted molar refractivity (Wildman–Crippen MR) is 609 cm³/mol. The lowest BCUT2D eigenvalue weighted by Crippen LogP contribution is -2.62. The molecule has 6 aliphatic heterocycles. The molecular weight excluding hydrogens is 1690 g/mol. The van der Waals surface area contributed by atoms with Gasteiger partial charge < -0.3 is 29.4 Å². The van der Waals surface area contributed by atoms with Gasteiger partial charge in [0.05, 0.1) is 0 Å². The lowest BCUT2D eigenvalue weighted by atomic mass is 9.32. The summed E-state index contributed by atoms with van der Waals surface area (Å²) in [6.45, 7) is 72.6. The Balaban J connectivity index is 0.923. The molecule has 15 aromatic carbocycles. The summed E-state index contributed by atoms with van der Waals surface area (Å²) in [6.07, 6.45) is 0. The van der Waals surface area contributed by atoms with E-state index >= 15 is 0 Å². The van der Waals surface area contributed by atoms with Crippen LogP contribution in [0.4, 0.5) is 102 Å². The number of rotatable bonds is 9. The minimum atomic E-state index is -1.08. The summed E-state index contributed by atoms with van der Waals surface area (Å²) >= 11 is 0. The lowest BCUT2D eigenvalue weighted by Gasteiger charge is -2.49. The highest BCUT2D eigenvalue weighted by atomic mass is 15.2. The topological polar surface area (TPSA) is 19.4 Å². The minimum Gasteiger partial charge on any atom is -0.311 e. The second-order valence-corrected chi connectivity index (χ2v) is 51.2. The van der Waals surface area contributed by atoms with E-state index in [1.165, 1.54) is 195 Å². The van der Waals surface area contributed by atoms with E-state index < -0.39 is 5.41 Å². The molecular formula is C131H141B3N6. The Bertz CT molecular complexity index is 7220. The molecule has 0 fully saturated rings. The van der Waals surface area contributed by atoms with Gasteiger partial charge in [0, 0.05) is 108 Å². The van der Waals surface area contributed by atoms with E-state index in [1.807, 2.05) is 0 Å². The van der Waals surface area contributed by atoms with E-state index in [9.17, 15) is 0 Å². The summed E-state index contributed by atoms with van der Waals surface area (Å²) in [4.78, 5) is 16.0. The van der Waals surface area contributed by atoms with Crippen LogP contribution in [0.1, 0.15) is 277 Å². The van der Waals surface area contributed by atoms with Gasteiger partial charge in [-0.15, -0.1) is 0 Å². The number of hydrogen-bond donors (Lipinski definition) is 0. The van der Waals surface area contributed by atoms with Crippen LogP contribution in [-0.4, -0.2) is 20.1 Å². The summed E-state index contributed by atoms with van der Waals surface area (Å²) < 4.78 is 0. The molecule has 0 saturated heterocycles. The minimum absolute atomic E-state index is 0.0324. The molecule has 0 unspecified atom stereocenters. The second kappa shape index (κ2) is 32.2. The Morgan fingerprint density at radius 3 is 0.614 bits per heavy atom. The third-order valence-corrected chi connectivity index (χ3v) is 31.9. The first-order valence-electron chi connectivity index (χ1n) is 51.5. The number of hydrogen-bond acceptors (Lipinski definition) is 6. The van der Waals surface area contributed by atoms with Crippen molar-refractivity contribution in [2.24, 2.45) is 0 Å². The molecule has 0 aromatic heterocycles. The van der Waals surface area contributed by atoms with Crippen molar-refractivity contribution < 1.29 is 0 Å². The average molecular weight is 1830 g/mol. The van der Waals surface area contributed by atoms with Gasteiger partial charge in [0.15, 0.2) is 0 Å². The van der Waals surface area contributed by atoms with E-state index in [2.05, 4.69) is 535 Å². The molecule has 0 atom stereocenters. The summed E-state index contributed by atoms with van der Waals surface area (Å²) in [6, 6.07) is 118. The number of nitrogens with zero attached hydrogens (tertiary/aromatic N) is 6. The molecule has 9 heteroatoms. The fourth-order valence-electron chi connectivity index (χ4n) is 23.8. The van der Waals surface area contributed by atoms with Gasteiger partial charge in [0.2, 0.25) is 0 Å². The molecule has 6 nitrogen and oxygen atoms in total. The standard InChI is InChI=1S/C131H141B3N6/c1-80-70-111-117-114(73-80)138(96-60-44-86(45-61-96)125(13,14)15)110-79-92(50-66-101(110)132(117)104-76-89(128(22,23)24)51-67-107(104)135(111)93-54-38-83(39-55-93)122(4,5)6)131(31,99-34-32-36-102-120(99)139(97-62-46-87(47-63-97)126(16,17)18)115-74-81(2)71-112-118(115)133(102)105-77-90(129(25,26)27)52-68-108(105)136(112)94-56-40-84(41-57-94)123(7,8)9)100-35-33-37-103-121(100)140(98-64-48-88(49-65-98)127(19,20)21)116-75-82(3)72-113-119(116)134(103)106-78-91(130(28,29)30)53-69-109(106)137(113)95-58-42-85(43-59-95)124(10,11)12/h32-79H,1-31H3. The molecule has 0 radical (unpaired) electrons. The third-order valence-electron chi connectivity index (χ3n) is 31.9. The Morgan fingerprint density at radius 1 is 0.164 bits per heavy atom. The van der Waals surface area contributed by atoms with Crippen LogP contribution in [0.5, 0.6) is 0 Å². The predicted octanol–water partition coefficient (Wildman–Crippen LogP) is 29.9. The van der Waals surface area contributed by atoms with Crippen molar-refractivity contribution in [3.05, 3.63) is 375 Å². The summed E-state index contributed by atoms with van der Waals surface area (Å²) in [5, 5.41) is 0. The third kappa shape index (κ3) is 15.3. The van der Waals surface area contributed by atoms with Crippen LogP contribution in [0.15, 0.2) is 291 Å². The summed E-state index contributed by atoms with van der Waals surface area (Å²) in [5.41, 5.74) is 49.4. The van der Waals surface area contributed by atoms with E-state index in [0.29, 0.717) is 0 Å². The zero-order valence-electron chi connectivity index (χ0n) is 89.1. The maximum atomic E-state index is 2.75. The largest absolute Gasteiger partial charge is 0.311 e. The number of anilines is 18. The Kier molecular flexibility index (Phi) is 21.5. The molecule has 0 aliphatic carbocycles. The second-order valence-electron chi connectivity index (χ2n) is 51.2. The van der Waals surface area contributed by atoms with Crippen LogP contribution in [-0.2, 0) is 54.1 Å². The first-order chi connectivity index (χ1) is 65.7. The van der Waals surface area contributed by atoms with E-state index in [1.54, 1.807) is 0 Å². The molecule has 0 saturated carbocycles. The molecule has 0 N–H and O–H groups in total. The van der Waals surface area contributed by atoms with Crippen molar-refractivity contribution in [2.45, 2.75) is 269 Å². The van der Waals surface area contributed by atoms with Crippen LogP contribution >= 0.6 is 0 Å². The van der Waals surface area contributed by atoms with Crippen LogP contribution in [0.2, 0.25) is 0 Å². The van der Waals surface area contributed by atoms with Crippen LogP contribution in [0.25, 0.3) is 0 Å². The van der Waals surface area contributed by atoms with Crippen LogP contribution < -0.4 is 78.6 Å². The fraction of sp³-hybridized carbons (Fsp3) is 0.313. The van der Waals surface area contributed by atoms with Crippen LogP contribution in [0.3, 0.4) is 0 Å². The number of benzene rings is 15. The normalized spacial score (nSPS) is 14.6. The van der Waals surface area contributed by atoms with E-state index in [0.717, 1.165) is 39.8 Å². The van der Waals surface area contributed by atoms with Gasteiger partial charge in [-0.25, -0.2) is 0 Å². The number of fused-ring (bicyclic) bond motifs is 12. The van der Waals surface area contributed by atoms with Crippen LogP contribution in [0, 0.1) is 20.8 Å². The monoisotopic (exact) mass is 1830 g/mol. The van der Waals surface area contributed by atoms with Gasteiger partial charge in [-0.2, -0.15) is 0 Å². The number of aryl methyl sites for hydroxylation is 3. The molecule has 6 aliphatic rings. The molecule has 21 rings (SSSR count). The molecule has 704 valence electrons. The highest BCUT2D eigenvalue weighted by molar-refractivity contribution is 7.02. The molecule has 0 spiro atoms. The zero-order chi connectivity index (χ0) is 99.4. The van der Waals surface area contributed by atoms with E-state index in [4.69, 9.17) is 0 Å². The van der Waals surface area contributed by atoms with E-state index in [-0.39, 0.29) is 68.9 Å². The van der Waals surface area contributed by atoms with Crippen molar-refractivity contribution in [1.82, 2.24) is 0 Å². The fourth-order valence-corrected chi connectivity index (χ4v) is 23.8. The summed E-state index contributed by atoms with van der Waals surface area (Å²) in [5.74, 6) is 0. The van der Waals surface area contributed by atoms with Gasteiger partial charge in [-0.05, 0) is 343 Å². The van der Waals surface area contributed by atoms with Crippen molar-refractivity contribution >= 4 is 172 Å². The first-order valence-corrected chi connectivity index (χ1v) is 51.5. The molecule has 15 aromatic rings. The highest BCUT2D eigenvalue weighted by Gasteiger charge is 2.53. The first kappa shape index (κ1) is 93.6. The Morgan fingerprint density at radius 2 is 0.371 bits per heavy atom. The SMILES string of the molecule is Cc1cc2c3c(c1)N(c1ccc(C(C)(C)C)cc1)c1cc(C(C)(c4cccc5c4N(c4ccc(C(C)(C)C)cc4)c4cc(C)cc6c4B5c4cc(C(C)(C)C)ccc4N6c4ccc(C(C)(C)C)cc4)c4cccc5c4N(c4ccc(C(C)(C)C)cc4)c4cc(C)cc6c4B5c4cc(C(C)(C)C)ccc4N6c4ccc(C(C)(C)C)cc4)ccc1B3c1cc(C(C)(C)C)ccc1N2c1ccc(C(C)(C)C)cc1. The van der Waals surface area contributed by atoms with Gasteiger partial charge in [0.25, 0.3) is 20.1 Å². The smallest absolute Gasteiger partial charge is 0.252 e. The Hall–Kier alpha value is -12.7. The molecule has 0 bridgehead atoms. The highest BCUT2D eigenvalue weighted by Crippen LogP contribution is 2.58. The maximum absolute atomic E-state index is 2.75. The van der Waals surface area contributed by atoms with Crippen molar-refractivity contribution in [3.63, 3.8) is 0 Å². The molecule has 0 amide bonds. The molecule has 6 heterocycles. The lowest BCUT2D eigenvalue weighted by molar-refractivity contribution is 0.590. The molecule has 140 heavy (non-hydrogen) atoms.